The van der Waals surface area contributed by atoms with Crippen molar-refractivity contribution in [3.05, 3.63) is 0 Å². The van der Waals surface area contributed by atoms with Crippen molar-refractivity contribution in [2.24, 2.45) is 5.92 Å². The molecule has 0 spiro atoms. The van der Waals surface area contributed by atoms with E-state index >= 15 is 0 Å². The van der Waals surface area contributed by atoms with Gasteiger partial charge < -0.3 is 5.32 Å². The van der Waals surface area contributed by atoms with Crippen molar-refractivity contribution in [1.29, 1.82) is 0 Å². The van der Waals surface area contributed by atoms with Crippen LogP contribution in [0.1, 0.15) is 59.3 Å². The molecule has 100 valence electrons. The number of nitrogens with zero attached hydrogens (tertiary/aromatic N) is 1. The molecule has 1 saturated heterocycles. The van der Waals surface area contributed by atoms with Gasteiger partial charge in [-0.15, -0.1) is 0 Å². The Morgan fingerprint density at radius 1 is 1.24 bits per heavy atom. The molecule has 0 amide bonds. The highest BCUT2D eigenvalue weighted by molar-refractivity contribution is 4.94. The van der Waals surface area contributed by atoms with E-state index in [-0.39, 0.29) is 0 Å². The first-order valence-electron chi connectivity index (χ1n) is 7.64. The summed E-state index contributed by atoms with van der Waals surface area (Å²) in [4.78, 5) is 2.80. The summed E-state index contributed by atoms with van der Waals surface area (Å²) in [6.45, 7) is 10.9. The van der Waals surface area contributed by atoms with E-state index < -0.39 is 0 Å². The van der Waals surface area contributed by atoms with E-state index in [1.54, 1.807) is 0 Å². The van der Waals surface area contributed by atoms with Gasteiger partial charge >= 0.3 is 0 Å². The van der Waals surface area contributed by atoms with Crippen molar-refractivity contribution in [2.45, 2.75) is 70.9 Å². The molecule has 1 N–H and O–H groups in total. The molecule has 0 aromatic carbocycles. The molecular formula is C15H30N2. The summed E-state index contributed by atoms with van der Waals surface area (Å²) in [7, 11) is 0. The predicted molar refractivity (Wildman–Crippen MR) is 74.3 cm³/mol. The number of rotatable bonds is 3. The van der Waals surface area contributed by atoms with Crippen molar-refractivity contribution < 1.29 is 0 Å². The molecule has 1 heterocycles. The Labute approximate surface area is 107 Å². The van der Waals surface area contributed by atoms with E-state index in [1.165, 1.54) is 51.6 Å². The Hall–Kier alpha value is -0.0800. The summed E-state index contributed by atoms with van der Waals surface area (Å²) in [5, 5.41) is 3.64. The standard InChI is InChI=1S/C15H30N2/c1-4-16-14-8-11-17(12-13(14)2)15(3)9-6-5-7-10-15/h13-14,16H,4-12H2,1-3H3. The second-order valence-electron chi connectivity index (χ2n) is 6.43. The van der Waals surface area contributed by atoms with Gasteiger partial charge in [-0.3, -0.25) is 4.90 Å². The van der Waals surface area contributed by atoms with Gasteiger partial charge in [0.05, 0.1) is 0 Å². The van der Waals surface area contributed by atoms with E-state index in [0.717, 1.165) is 18.5 Å². The fourth-order valence-corrected chi connectivity index (χ4v) is 3.83. The molecule has 0 bridgehead atoms. The average molecular weight is 238 g/mol. The van der Waals surface area contributed by atoms with E-state index in [4.69, 9.17) is 0 Å². The van der Waals surface area contributed by atoms with Gasteiger partial charge in [-0.25, -0.2) is 0 Å². The molecule has 2 fully saturated rings. The van der Waals surface area contributed by atoms with E-state index in [9.17, 15) is 0 Å². The topological polar surface area (TPSA) is 15.3 Å². The smallest absolute Gasteiger partial charge is 0.0181 e. The Bertz CT molecular complexity index is 233. The molecule has 17 heavy (non-hydrogen) atoms. The van der Waals surface area contributed by atoms with Gasteiger partial charge in [0, 0.05) is 24.7 Å². The number of piperidine rings is 1. The van der Waals surface area contributed by atoms with E-state index in [2.05, 4.69) is 31.0 Å². The molecule has 1 aliphatic carbocycles. The Kier molecular flexibility index (Phi) is 4.48. The average Bonchev–Trinajstić information content (AvgIpc) is 2.33. The van der Waals surface area contributed by atoms with Gasteiger partial charge in [0.1, 0.15) is 0 Å². The number of hydrogen-bond donors (Lipinski definition) is 1. The van der Waals surface area contributed by atoms with Crippen molar-refractivity contribution in [1.82, 2.24) is 10.2 Å². The van der Waals surface area contributed by atoms with Crippen LogP contribution in [0.15, 0.2) is 0 Å². The predicted octanol–water partition coefficient (Wildman–Crippen LogP) is 3.03. The third-order valence-electron chi connectivity index (χ3n) is 5.07. The highest BCUT2D eigenvalue weighted by atomic mass is 15.2. The van der Waals surface area contributed by atoms with Gasteiger partial charge in [-0.05, 0) is 38.6 Å². The molecule has 0 aromatic rings. The van der Waals surface area contributed by atoms with Crippen LogP contribution >= 0.6 is 0 Å². The van der Waals surface area contributed by atoms with Crippen LogP contribution in [0.2, 0.25) is 0 Å². The van der Waals surface area contributed by atoms with Crippen LogP contribution < -0.4 is 5.32 Å². The SMILES string of the molecule is CCNC1CCN(C2(C)CCCCC2)CC1C. The molecule has 2 atom stereocenters. The first-order chi connectivity index (χ1) is 8.15. The minimum atomic E-state index is 0.518. The van der Waals surface area contributed by atoms with Crippen molar-refractivity contribution >= 4 is 0 Å². The van der Waals surface area contributed by atoms with Gasteiger partial charge in [0.15, 0.2) is 0 Å². The molecule has 2 unspecified atom stereocenters. The number of nitrogens with one attached hydrogen (secondary N) is 1. The molecule has 1 saturated carbocycles. The third-order valence-corrected chi connectivity index (χ3v) is 5.07. The fraction of sp³-hybridized carbons (Fsp3) is 1.00. The summed E-state index contributed by atoms with van der Waals surface area (Å²) >= 11 is 0. The molecule has 0 aromatic heterocycles. The van der Waals surface area contributed by atoms with Crippen molar-refractivity contribution in [3.8, 4) is 0 Å². The molecule has 2 rings (SSSR count). The fourth-order valence-electron chi connectivity index (χ4n) is 3.83. The normalized spacial score (nSPS) is 34.8. The summed E-state index contributed by atoms with van der Waals surface area (Å²) in [5.74, 6) is 0.808. The monoisotopic (exact) mass is 238 g/mol. The quantitative estimate of drug-likeness (QED) is 0.813. The zero-order valence-electron chi connectivity index (χ0n) is 12.0. The largest absolute Gasteiger partial charge is 0.314 e. The molecule has 2 nitrogen and oxygen atoms in total. The Morgan fingerprint density at radius 2 is 1.94 bits per heavy atom. The van der Waals surface area contributed by atoms with E-state index in [1.807, 2.05) is 0 Å². The van der Waals surface area contributed by atoms with Gasteiger partial charge in [-0.1, -0.05) is 33.1 Å². The van der Waals surface area contributed by atoms with Gasteiger partial charge in [0.2, 0.25) is 0 Å². The minimum Gasteiger partial charge on any atom is -0.314 e. The van der Waals surface area contributed by atoms with E-state index in [0.29, 0.717) is 5.54 Å². The number of hydrogen-bond acceptors (Lipinski definition) is 2. The molecule has 1 aliphatic heterocycles. The van der Waals surface area contributed by atoms with Crippen LogP contribution in [0.4, 0.5) is 0 Å². The molecular weight excluding hydrogens is 208 g/mol. The van der Waals surface area contributed by atoms with Crippen LogP contribution in [0, 0.1) is 5.92 Å². The van der Waals surface area contributed by atoms with Gasteiger partial charge in [0.25, 0.3) is 0 Å². The van der Waals surface area contributed by atoms with Crippen molar-refractivity contribution in [2.75, 3.05) is 19.6 Å². The summed E-state index contributed by atoms with van der Waals surface area (Å²) < 4.78 is 0. The first-order valence-corrected chi connectivity index (χ1v) is 7.64. The lowest BCUT2D eigenvalue weighted by Gasteiger charge is -2.49. The minimum absolute atomic E-state index is 0.518. The first kappa shape index (κ1) is 13.4. The highest BCUT2D eigenvalue weighted by Gasteiger charge is 2.37. The second kappa shape index (κ2) is 5.71. The Morgan fingerprint density at radius 3 is 2.53 bits per heavy atom. The van der Waals surface area contributed by atoms with Crippen LogP contribution in [0.3, 0.4) is 0 Å². The Balaban J connectivity index is 1.91. The maximum atomic E-state index is 3.64. The molecule has 2 aliphatic rings. The maximum Gasteiger partial charge on any atom is 0.0181 e. The number of likely N-dealkylation sites (tertiary alicyclic amines) is 1. The summed E-state index contributed by atoms with van der Waals surface area (Å²) in [6.07, 6.45) is 8.52. The van der Waals surface area contributed by atoms with Crippen LogP contribution in [-0.2, 0) is 0 Å². The van der Waals surface area contributed by atoms with Crippen molar-refractivity contribution in [3.63, 3.8) is 0 Å². The lowest BCUT2D eigenvalue weighted by Crippen LogP contribution is -2.56. The second-order valence-corrected chi connectivity index (χ2v) is 6.43. The maximum absolute atomic E-state index is 3.64. The summed E-state index contributed by atoms with van der Waals surface area (Å²) in [5.41, 5.74) is 0.518. The lowest BCUT2D eigenvalue weighted by atomic mass is 9.79. The zero-order chi connectivity index (χ0) is 12.3. The molecule has 0 radical (unpaired) electrons. The van der Waals surface area contributed by atoms with Gasteiger partial charge in [-0.2, -0.15) is 0 Å². The van der Waals surface area contributed by atoms with Crippen LogP contribution in [0.25, 0.3) is 0 Å². The van der Waals surface area contributed by atoms with Crippen LogP contribution in [0.5, 0.6) is 0 Å². The molecule has 2 heteroatoms. The third kappa shape index (κ3) is 3.03. The summed E-state index contributed by atoms with van der Waals surface area (Å²) in [6, 6.07) is 0.753. The lowest BCUT2D eigenvalue weighted by molar-refractivity contribution is 0.0192. The highest BCUT2D eigenvalue weighted by Crippen LogP contribution is 2.35. The zero-order valence-corrected chi connectivity index (χ0v) is 12.0. The van der Waals surface area contributed by atoms with Crippen LogP contribution in [-0.4, -0.2) is 36.1 Å².